The number of thioether (sulfide) groups is 1. The monoisotopic (exact) mass is 280 g/mol. The zero-order valence-corrected chi connectivity index (χ0v) is 12.0. The van der Waals surface area contributed by atoms with Crippen molar-refractivity contribution in [3.8, 4) is 0 Å². The smallest absolute Gasteiger partial charge is 0.341 e. The lowest BCUT2D eigenvalue weighted by Crippen LogP contribution is -2.13. The van der Waals surface area contributed by atoms with E-state index < -0.39 is 0 Å². The first-order valence-corrected chi connectivity index (χ1v) is 7.39. The Balaban J connectivity index is 2.57. The predicted molar refractivity (Wildman–Crippen MR) is 72.5 cm³/mol. The molecule has 0 aromatic carbocycles. The van der Waals surface area contributed by atoms with Crippen molar-refractivity contribution in [2.24, 2.45) is 0 Å². The largest absolute Gasteiger partial charge is 0.462 e. The SMILES string of the molecule is CCCc1c(C(=O)OCC)cnc2nc(SC)nn12. The van der Waals surface area contributed by atoms with Gasteiger partial charge >= 0.3 is 5.97 Å². The number of aromatic nitrogens is 4. The van der Waals surface area contributed by atoms with Crippen LogP contribution < -0.4 is 0 Å². The standard InChI is InChI=1S/C12H16N4O2S/c1-4-6-9-8(10(17)18-5-2)7-13-11-14-12(19-3)15-16(9)11/h7H,4-6H2,1-3H3. The van der Waals surface area contributed by atoms with E-state index in [1.165, 1.54) is 18.0 Å². The van der Waals surface area contributed by atoms with E-state index in [1.807, 2.05) is 13.2 Å². The van der Waals surface area contributed by atoms with Crippen molar-refractivity contribution in [2.75, 3.05) is 12.9 Å². The molecule has 6 nitrogen and oxygen atoms in total. The molecule has 0 fully saturated rings. The van der Waals surface area contributed by atoms with E-state index in [-0.39, 0.29) is 5.97 Å². The number of nitrogens with zero attached hydrogens (tertiary/aromatic N) is 4. The number of ether oxygens (including phenoxy) is 1. The molecule has 102 valence electrons. The number of hydrogen-bond donors (Lipinski definition) is 0. The molecule has 0 saturated carbocycles. The molecule has 2 rings (SSSR count). The average Bonchev–Trinajstić information content (AvgIpc) is 2.83. The van der Waals surface area contributed by atoms with Gasteiger partial charge in [0.25, 0.3) is 5.78 Å². The molecule has 2 heterocycles. The van der Waals surface area contributed by atoms with Crippen LogP contribution in [0.5, 0.6) is 0 Å². The van der Waals surface area contributed by atoms with E-state index in [2.05, 4.69) is 15.1 Å². The van der Waals surface area contributed by atoms with Gasteiger partial charge in [-0.15, -0.1) is 5.10 Å². The minimum Gasteiger partial charge on any atom is -0.462 e. The Labute approximate surface area is 115 Å². The molecule has 0 atom stereocenters. The van der Waals surface area contributed by atoms with Crippen molar-refractivity contribution in [1.29, 1.82) is 0 Å². The Morgan fingerprint density at radius 3 is 2.89 bits per heavy atom. The molecule has 0 unspecified atom stereocenters. The normalized spacial score (nSPS) is 10.9. The molecule has 0 amide bonds. The molecule has 0 radical (unpaired) electrons. The lowest BCUT2D eigenvalue weighted by Gasteiger charge is -2.08. The molecule has 0 aliphatic rings. The Bertz CT molecular complexity index is 597. The Hall–Kier alpha value is -1.63. The van der Waals surface area contributed by atoms with Crippen LogP contribution in [0.1, 0.15) is 36.3 Å². The third-order valence-electron chi connectivity index (χ3n) is 2.61. The maximum Gasteiger partial charge on any atom is 0.341 e. The molecule has 19 heavy (non-hydrogen) atoms. The van der Waals surface area contributed by atoms with Gasteiger partial charge in [-0.2, -0.15) is 9.50 Å². The summed E-state index contributed by atoms with van der Waals surface area (Å²) in [5.74, 6) is 0.155. The van der Waals surface area contributed by atoms with Crippen LogP contribution in [0.15, 0.2) is 11.4 Å². The summed E-state index contributed by atoms with van der Waals surface area (Å²) < 4.78 is 6.69. The third kappa shape index (κ3) is 2.70. The molecule has 2 aromatic heterocycles. The maximum atomic E-state index is 11.9. The van der Waals surface area contributed by atoms with Crippen LogP contribution in [-0.4, -0.2) is 38.4 Å². The van der Waals surface area contributed by atoms with E-state index in [0.29, 0.717) is 23.1 Å². The number of esters is 1. The fraction of sp³-hybridized carbons (Fsp3) is 0.500. The van der Waals surface area contributed by atoms with Gasteiger partial charge < -0.3 is 4.74 Å². The van der Waals surface area contributed by atoms with Gasteiger partial charge in [0.15, 0.2) is 0 Å². The van der Waals surface area contributed by atoms with Crippen LogP contribution in [0, 0.1) is 0 Å². The molecule has 0 bridgehead atoms. The third-order valence-corrected chi connectivity index (χ3v) is 3.15. The van der Waals surface area contributed by atoms with Gasteiger partial charge in [-0.25, -0.2) is 9.78 Å². The van der Waals surface area contributed by atoms with Gasteiger partial charge in [-0.3, -0.25) is 0 Å². The zero-order chi connectivity index (χ0) is 13.8. The highest BCUT2D eigenvalue weighted by Gasteiger charge is 2.18. The highest BCUT2D eigenvalue weighted by molar-refractivity contribution is 7.98. The summed E-state index contributed by atoms with van der Waals surface area (Å²) in [6, 6.07) is 0. The molecule has 0 N–H and O–H groups in total. The summed E-state index contributed by atoms with van der Waals surface area (Å²) >= 11 is 1.45. The molecule has 7 heteroatoms. The molecule has 2 aromatic rings. The molecular formula is C12H16N4O2S. The summed E-state index contributed by atoms with van der Waals surface area (Å²) in [5, 5.41) is 5.00. The highest BCUT2D eigenvalue weighted by Crippen LogP contribution is 2.16. The van der Waals surface area contributed by atoms with E-state index >= 15 is 0 Å². The van der Waals surface area contributed by atoms with Gasteiger partial charge in [0.05, 0.1) is 17.9 Å². The Kier molecular flexibility index (Phi) is 4.36. The van der Waals surface area contributed by atoms with Crippen molar-refractivity contribution in [3.05, 3.63) is 17.5 Å². The summed E-state index contributed by atoms with van der Waals surface area (Å²) in [6.07, 6.45) is 5.06. The van der Waals surface area contributed by atoms with Gasteiger partial charge in [-0.1, -0.05) is 25.1 Å². The van der Waals surface area contributed by atoms with Crippen LogP contribution in [0.3, 0.4) is 0 Å². The van der Waals surface area contributed by atoms with Crippen LogP contribution in [-0.2, 0) is 11.2 Å². The maximum absolute atomic E-state index is 11.9. The second-order valence-electron chi connectivity index (χ2n) is 3.90. The van der Waals surface area contributed by atoms with Gasteiger partial charge in [0.2, 0.25) is 5.16 Å². The van der Waals surface area contributed by atoms with Crippen molar-refractivity contribution in [1.82, 2.24) is 19.6 Å². The summed E-state index contributed by atoms with van der Waals surface area (Å²) in [4.78, 5) is 20.4. The lowest BCUT2D eigenvalue weighted by molar-refractivity contribution is 0.0523. The minimum atomic E-state index is -0.360. The van der Waals surface area contributed by atoms with Crippen molar-refractivity contribution in [2.45, 2.75) is 31.8 Å². The highest BCUT2D eigenvalue weighted by atomic mass is 32.2. The van der Waals surface area contributed by atoms with Gasteiger partial charge in [0, 0.05) is 6.20 Å². The molecular weight excluding hydrogens is 264 g/mol. The Morgan fingerprint density at radius 2 is 2.26 bits per heavy atom. The minimum absolute atomic E-state index is 0.343. The lowest BCUT2D eigenvalue weighted by atomic mass is 10.1. The topological polar surface area (TPSA) is 69.4 Å². The first-order chi connectivity index (χ1) is 9.21. The number of carbonyl (C=O) groups excluding carboxylic acids is 1. The second kappa shape index (κ2) is 6.01. The van der Waals surface area contributed by atoms with E-state index in [1.54, 1.807) is 11.4 Å². The number of fused-ring (bicyclic) bond motifs is 1. The molecule has 0 saturated heterocycles. The number of aryl methyl sites for hydroxylation is 1. The van der Waals surface area contributed by atoms with Crippen molar-refractivity contribution in [3.63, 3.8) is 0 Å². The number of rotatable bonds is 5. The van der Waals surface area contributed by atoms with Crippen LogP contribution in [0.4, 0.5) is 0 Å². The average molecular weight is 280 g/mol. The number of carbonyl (C=O) groups is 1. The quantitative estimate of drug-likeness (QED) is 0.616. The number of hydrogen-bond acceptors (Lipinski definition) is 6. The predicted octanol–water partition coefficient (Wildman–Crippen LogP) is 1.98. The first-order valence-electron chi connectivity index (χ1n) is 6.17. The fourth-order valence-electron chi connectivity index (χ4n) is 1.80. The first kappa shape index (κ1) is 13.8. The fourth-order valence-corrected chi connectivity index (χ4v) is 2.14. The summed E-state index contributed by atoms with van der Waals surface area (Å²) in [5.41, 5.74) is 1.27. The zero-order valence-electron chi connectivity index (χ0n) is 11.2. The molecule has 0 spiro atoms. The van der Waals surface area contributed by atoms with Gasteiger partial charge in [0.1, 0.15) is 0 Å². The Morgan fingerprint density at radius 1 is 1.47 bits per heavy atom. The van der Waals surface area contributed by atoms with E-state index in [0.717, 1.165) is 18.5 Å². The van der Waals surface area contributed by atoms with Crippen LogP contribution >= 0.6 is 11.8 Å². The molecule has 0 aliphatic heterocycles. The van der Waals surface area contributed by atoms with Gasteiger partial charge in [-0.05, 0) is 19.6 Å². The van der Waals surface area contributed by atoms with Crippen molar-refractivity contribution < 1.29 is 9.53 Å². The summed E-state index contributed by atoms with van der Waals surface area (Å²) in [7, 11) is 0. The van der Waals surface area contributed by atoms with Crippen LogP contribution in [0.2, 0.25) is 0 Å². The van der Waals surface area contributed by atoms with Crippen LogP contribution in [0.25, 0.3) is 5.78 Å². The molecule has 0 aliphatic carbocycles. The van der Waals surface area contributed by atoms with E-state index in [9.17, 15) is 4.79 Å². The van der Waals surface area contributed by atoms with E-state index in [4.69, 9.17) is 4.74 Å². The van der Waals surface area contributed by atoms with Crippen molar-refractivity contribution >= 4 is 23.5 Å². The second-order valence-corrected chi connectivity index (χ2v) is 4.67. The summed E-state index contributed by atoms with van der Waals surface area (Å²) in [6.45, 7) is 4.17.